The first kappa shape index (κ1) is 14.4. The highest BCUT2D eigenvalue weighted by molar-refractivity contribution is 6.34. The summed E-state index contributed by atoms with van der Waals surface area (Å²) in [5.41, 5.74) is 1.77. The summed E-state index contributed by atoms with van der Waals surface area (Å²) in [6, 6.07) is 5.64. The smallest absolute Gasteiger partial charge is 0.239 e. The molecule has 1 aromatic carbocycles. The SMILES string of the molecule is Cc1ccc(N2CCC(C(=O)N3CCCC3)C2=O)c(Cl)c1. The normalized spacial score (nSPS) is 22.2. The molecule has 2 aliphatic heterocycles. The van der Waals surface area contributed by atoms with Gasteiger partial charge in [0.15, 0.2) is 0 Å². The number of hydrogen-bond acceptors (Lipinski definition) is 2. The van der Waals surface area contributed by atoms with Crippen LogP contribution in [0, 0.1) is 12.8 Å². The number of carbonyl (C=O) groups excluding carboxylic acids is 2. The number of benzene rings is 1. The van der Waals surface area contributed by atoms with Crippen molar-refractivity contribution >= 4 is 29.1 Å². The van der Waals surface area contributed by atoms with Gasteiger partial charge in [0.2, 0.25) is 11.8 Å². The molecule has 4 nitrogen and oxygen atoms in total. The Hall–Kier alpha value is -1.55. The molecule has 2 aliphatic rings. The van der Waals surface area contributed by atoms with Gasteiger partial charge >= 0.3 is 0 Å². The van der Waals surface area contributed by atoms with Gasteiger partial charge in [-0.2, -0.15) is 0 Å². The van der Waals surface area contributed by atoms with Crippen molar-refractivity contribution in [3.8, 4) is 0 Å². The average molecular weight is 307 g/mol. The van der Waals surface area contributed by atoms with E-state index in [2.05, 4.69) is 0 Å². The lowest BCUT2D eigenvalue weighted by atomic mass is 10.1. The fraction of sp³-hybridized carbons (Fsp3) is 0.500. The molecule has 21 heavy (non-hydrogen) atoms. The molecular formula is C16H19ClN2O2. The van der Waals surface area contributed by atoms with Crippen LogP contribution in [-0.2, 0) is 9.59 Å². The van der Waals surface area contributed by atoms with Gasteiger partial charge in [0, 0.05) is 19.6 Å². The Morgan fingerprint density at radius 2 is 1.95 bits per heavy atom. The van der Waals surface area contributed by atoms with Crippen LogP contribution in [0.25, 0.3) is 0 Å². The zero-order chi connectivity index (χ0) is 15.0. The Morgan fingerprint density at radius 1 is 1.24 bits per heavy atom. The zero-order valence-electron chi connectivity index (χ0n) is 12.1. The predicted molar refractivity (Wildman–Crippen MR) is 82.5 cm³/mol. The van der Waals surface area contributed by atoms with Gasteiger partial charge in [0.1, 0.15) is 5.92 Å². The maximum atomic E-state index is 12.6. The molecule has 0 saturated carbocycles. The van der Waals surface area contributed by atoms with Gasteiger partial charge in [0.25, 0.3) is 0 Å². The van der Waals surface area contributed by atoms with E-state index in [0.717, 1.165) is 31.5 Å². The van der Waals surface area contributed by atoms with E-state index < -0.39 is 5.92 Å². The van der Waals surface area contributed by atoms with Gasteiger partial charge in [-0.1, -0.05) is 17.7 Å². The summed E-state index contributed by atoms with van der Waals surface area (Å²) in [5, 5.41) is 0.567. The van der Waals surface area contributed by atoms with Gasteiger partial charge in [0.05, 0.1) is 10.7 Å². The minimum absolute atomic E-state index is 0.0109. The predicted octanol–water partition coefficient (Wildman–Crippen LogP) is 2.62. The first-order valence-electron chi connectivity index (χ1n) is 7.44. The Labute approximate surface area is 129 Å². The van der Waals surface area contributed by atoms with Gasteiger partial charge in [-0.25, -0.2) is 0 Å². The number of likely N-dealkylation sites (tertiary alicyclic amines) is 1. The molecule has 3 rings (SSSR count). The van der Waals surface area contributed by atoms with Crippen LogP contribution in [0.4, 0.5) is 5.69 Å². The van der Waals surface area contributed by atoms with Gasteiger partial charge < -0.3 is 9.80 Å². The highest BCUT2D eigenvalue weighted by Crippen LogP contribution is 2.33. The summed E-state index contributed by atoms with van der Waals surface area (Å²) in [5.74, 6) is -0.652. The third-order valence-electron chi connectivity index (χ3n) is 4.32. The van der Waals surface area contributed by atoms with Crippen LogP contribution in [0.3, 0.4) is 0 Å². The molecule has 0 bridgehead atoms. The van der Waals surface area contributed by atoms with Crippen LogP contribution in [0.15, 0.2) is 18.2 Å². The van der Waals surface area contributed by atoms with Crippen molar-refractivity contribution in [3.63, 3.8) is 0 Å². The molecule has 2 amide bonds. The summed E-state index contributed by atoms with van der Waals surface area (Å²) >= 11 is 6.24. The second kappa shape index (κ2) is 5.68. The molecule has 0 radical (unpaired) electrons. The molecule has 1 atom stereocenters. The van der Waals surface area contributed by atoms with Crippen molar-refractivity contribution in [2.45, 2.75) is 26.2 Å². The molecule has 0 N–H and O–H groups in total. The van der Waals surface area contributed by atoms with E-state index in [0.29, 0.717) is 23.7 Å². The lowest BCUT2D eigenvalue weighted by Crippen LogP contribution is -2.38. The minimum atomic E-state index is -0.527. The topological polar surface area (TPSA) is 40.6 Å². The van der Waals surface area contributed by atoms with Crippen LogP contribution in [0.2, 0.25) is 5.02 Å². The molecule has 112 valence electrons. The second-order valence-electron chi connectivity index (χ2n) is 5.82. The largest absolute Gasteiger partial charge is 0.342 e. The molecule has 0 aromatic heterocycles. The van der Waals surface area contributed by atoms with E-state index in [1.807, 2.05) is 30.0 Å². The molecule has 2 heterocycles. The van der Waals surface area contributed by atoms with Crippen molar-refractivity contribution in [1.29, 1.82) is 0 Å². The molecule has 2 fully saturated rings. The highest BCUT2D eigenvalue weighted by atomic mass is 35.5. The van der Waals surface area contributed by atoms with Crippen molar-refractivity contribution < 1.29 is 9.59 Å². The van der Waals surface area contributed by atoms with Gasteiger partial charge in [-0.3, -0.25) is 9.59 Å². The van der Waals surface area contributed by atoms with E-state index in [4.69, 9.17) is 11.6 Å². The number of amides is 2. The third-order valence-corrected chi connectivity index (χ3v) is 4.62. The first-order valence-corrected chi connectivity index (χ1v) is 7.82. The summed E-state index contributed by atoms with van der Waals surface area (Å²) < 4.78 is 0. The Balaban J connectivity index is 1.78. The van der Waals surface area contributed by atoms with Crippen LogP contribution in [0.5, 0.6) is 0 Å². The minimum Gasteiger partial charge on any atom is -0.342 e. The number of hydrogen-bond donors (Lipinski definition) is 0. The molecule has 1 aromatic rings. The molecular weight excluding hydrogens is 288 g/mol. The van der Waals surface area contributed by atoms with Crippen LogP contribution in [-0.4, -0.2) is 36.3 Å². The Bertz CT molecular complexity index is 582. The van der Waals surface area contributed by atoms with E-state index in [-0.39, 0.29) is 11.8 Å². The summed E-state index contributed by atoms with van der Waals surface area (Å²) in [7, 11) is 0. The molecule has 5 heteroatoms. The molecule has 2 saturated heterocycles. The number of rotatable bonds is 2. The Morgan fingerprint density at radius 3 is 2.62 bits per heavy atom. The maximum Gasteiger partial charge on any atom is 0.239 e. The van der Waals surface area contributed by atoms with Crippen molar-refractivity contribution in [2.75, 3.05) is 24.5 Å². The lowest BCUT2D eigenvalue weighted by molar-refractivity contribution is -0.139. The average Bonchev–Trinajstić information content (AvgIpc) is 3.08. The van der Waals surface area contributed by atoms with Gasteiger partial charge in [-0.15, -0.1) is 0 Å². The van der Waals surface area contributed by atoms with Crippen LogP contribution < -0.4 is 4.90 Å². The van der Waals surface area contributed by atoms with Crippen molar-refractivity contribution in [3.05, 3.63) is 28.8 Å². The standard InChI is InChI=1S/C16H19ClN2O2/c1-11-4-5-14(13(17)10-11)19-9-6-12(16(19)21)15(20)18-7-2-3-8-18/h4-5,10,12H,2-3,6-9H2,1H3. The maximum absolute atomic E-state index is 12.6. The fourth-order valence-electron chi connectivity index (χ4n) is 3.14. The molecule has 1 unspecified atom stereocenters. The van der Waals surface area contributed by atoms with Gasteiger partial charge in [-0.05, 0) is 43.9 Å². The fourth-order valence-corrected chi connectivity index (χ4v) is 3.47. The quantitative estimate of drug-likeness (QED) is 0.788. The van der Waals surface area contributed by atoms with Crippen LogP contribution in [0.1, 0.15) is 24.8 Å². The highest BCUT2D eigenvalue weighted by Gasteiger charge is 2.40. The number of carbonyl (C=O) groups is 2. The summed E-state index contributed by atoms with van der Waals surface area (Å²) in [4.78, 5) is 28.5. The summed E-state index contributed by atoms with van der Waals surface area (Å²) in [6.07, 6.45) is 2.67. The monoisotopic (exact) mass is 306 g/mol. The van der Waals surface area contributed by atoms with E-state index in [1.165, 1.54) is 0 Å². The zero-order valence-corrected chi connectivity index (χ0v) is 12.9. The third kappa shape index (κ3) is 2.64. The number of anilines is 1. The lowest BCUT2D eigenvalue weighted by Gasteiger charge is -2.21. The van der Waals surface area contributed by atoms with Crippen LogP contribution >= 0.6 is 11.6 Å². The first-order chi connectivity index (χ1) is 10.1. The molecule has 0 spiro atoms. The van der Waals surface area contributed by atoms with Crippen molar-refractivity contribution in [1.82, 2.24) is 4.90 Å². The summed E-state index contributed by atoms with van der Waals surface area (Å²) in [6.45, 7) is 4.09. The van der Waals surface area contributed by atoms with E-state index >= 15 is 0 Å². The molecule has 0 aliphatic carbocycles. The Kier molecular flexibility index (Phi) is 3.89. The number of nitrogens with zero attached hydrogens (tertiary/aromatic N) is 2. The van der Waals surface area contributed by atoms with Crippen molar-refractivity contribution in [2.24, 2.45) is 5.92 Å². The number of halogens is 1. The van der Waals surface area contributed by atoms with E-state index in [9.17, 15) is 9.59 Å². The second-order valence-corrected chi connectivity index (χ2v) is 6.23. The van der Waals surface area contributed by atoms with E-state index in [1.54, 1.807) is 4.90 Å². The number of aryl methyl sites for hydroxylation is 1.